The highest BCUT2D eigenvalue weighted by atomic mass is 16.6. The summed E-state index contributed by atoms with van der Waals surface area (Å²) in [5.74, 6) is -0.0666. The summed E-state index contributed by atoms with van der Waals surface area (Å²) in [4.78, 5) is 26.8. The Balaban J connectivity index is 2.44. The molecule has 0 bridgehead atoms. The number of hydrogen-bond acceptors (Lipinski definition) is 6. The second kappa shape index (κ2) is 6.09. The van der Waals surface area contributed by atoms with Crippen molar-refractivity contribution in [3.05, 3.63) is 12.1 Å². The van der Waals surface area contributed by atoms with Crippen LogP contribution < -0.4 is 22.1 Å². The molecule has 20 heavy (non-hydrogen) atoms. The van der Waals surface area contributed by atoms with Crippen LogP contribution in [0.1, 0.15) is 20.8 Å². The van der Waals surface area contributed by atoms with E-state index in [9.17, 15) is 9.59 Å². The number of alkyl carbamates (subject to hydrolysis) is 1. The van der Waals surface area contributed by atoms with Crippen molar-refractivity contribution >= 4 is 29.3 Å². The molecule has 0 unspecified atom stereocenters. The van der Waals surface area contributed by atoms with Gasteiger partial charge >= 0.3 is 6.09 Å². The predicted molar refractivity (Wildman–Crippen MR) is 75.9 cm³/mol. The standard InChI is InChI=1S/C12H19N5O3/c1-12(2,3)20-11(19)15-6-9(18)16-8-5-4-7(13)10(14)17-8/h4-5H,6,13H2,1-3H3,(H,15,19)(H3,14,16,17,18). The number of pyridine rings is 1. The zero-order valence-corrected chi connectivity index (χ0v) is 11.7. The SMILES string of the molecule is CC(C)(C)OC(=O)NCC(=O)Nc1ccc(N)c(N)n1. The van der Waals surface area contributed by atoms with Crippen LogP contribution in [-0.4, -0.2) is 29.1 Å². The lowest BCUT2D eigenvalue weighted by atomic mass is 10.2. The molecule has 110 valence electrons. The average Bonchev–Trinajstić information content (AvgIpc) is 2.29. The van der Waals surface area contributed by atoms with E-state index in [1.54, 1.807) is 20.8 Å². The normalized spacial score (nSPS) is 10.8. The van der Waals surface area contributed by atoms with Crippen LogP contribution in [0.25, 0.3) is 0 Å². The number of hydrogen-bond donors (Lipinski definition) is 4. The highest BCUT2D eigenvalue weighted by molar-refractivity contribution is 5.93. The Morgan fingerprint density at radius 3 is 2.50 bits per heavy atom. The maximum Gasteiger partial charge on any atom is 0.408 e. The van der Waals surface area contributed by atoms with E-state index in [1.165, 1.54) is 12.1 Å². The number of anilines is 3. The van der Waals surface area contributed by atoms with Crippen LogP contribution >= 0.6 is 0 Å². The maximum atomic E-state index is 11.6. The fourth-order valence-electron chi connectivity index (χ4n) is 1.21. The van der Waals surface area contributed by atoms with Gasteiger partial charge in [0.25, 0.3) is 0 Å². The largest absolute Gasteiger partial charge is 0.444 e. The number of aromatic nitrogens is 1. The maximum absolute atomic E-state index is 11.6. The van der Waals surface area contributed by atoms with Crippen molar-refractivity contribution in [1.29, 1.82) is 0 Å². The number of nitrogens with zero attached hydrogens (tertiary/aromatic N) is 1. The third-order valence-corrected chi connectivity index (χ3v) is 2.02. The van der Waals surface area contributed by atoms with Crippen LogP contribution in [0.4, 0.5) is 22.1 Å². The lowest BCUT2D eigenvalue weighted by Crippen LogP contribution is -2.37. The molecule has 2 amide bonds. The van der Waals surface area contributed by atoms with Gasteiger partial charge in [0.15, 0.2) is 0 Å². The quantitative estimate of drug-likeness (QED) is 0.645. The number of carbonyl (C=O) groups excluding carboxylic acids is 2. The van der Waals surface area contributed by atoms with Crippen molar-refractivity contribution in [2.75, 3.05) is 23.3 Å². The first-order valence-electron chi connectivity index (χ1n) is 5.96. The van der Waals surface area contributed by atoms with E-state index in [0.29, 0.717) is 5.69 Å². The molecule has 6 N–H and O–H groups in total. The van der Waals surface area contributed by atoms with Gasteiger partial charge in [-0.25, -0.2) is 9.78 Å². The van der Waals surface area contributed by atoms with Crippen LogP contribution in [0.5, 0.6) is 0 Å². The first-order chi connectivity index (χ1) is 9.17. The molecule has 8 heteroatoms. The summed E-state index contributed by atoms with van der Waals surface area (Å²) in [6, 6.07) is 3.04. The van der Waals surface area contributed by atoms with Gasteiger partial charge in [-0.15, -0.1) is 0 Å². The number of amides is 2. The minimum Gasteiger partial charge on any atom is -0.444 e. The van der Waals surface area contributed by atoms with Crippen LogP contribution in [-0.2, 0) is 9.53 Å². The van der Waals surface area contributed by atoms with E-state index in [-0.39, 0.29) is 18.2 Å². The third kappa shape index (κ3) is 5.42. The van der Waals surface area contributed by atoms with Crippen molar-refractivity contribution in [1.82, 2.24) is 10.3 Å². The van der Waals surface area contributed by atoms with Gasteiger partial charge in [0.2, 0.25) is 5.91 Å². The molecule has 0 fully saturated rings. The molecule has 0 spiro atoms. The number of nitrogen functional groups attached to an aromatic ring is 2. The fraction of sp³-hybridized carbons (Fsp3) is 0.417. The lowest BCUT2D eigenvalue weighted by Gasteiger charge is -2.19. The minimum absolute atomic E-state index is 0.128. The number of ether oxygens (including phenoxy) is 1. The number of nitrogens with one attached hydrogen (secondary N) is 2. The summed E-state index contributed by atoms with van der Waals surface area (Å²) in [5.41, 5.74) is 10.7. The van der Waals surface area contributed by atoms with Gasteiger partial charge in [0.05, 0.1) is 5.69 Å². The van der Waals surface area contributed by atoms with Crippen LogP contribution in [0.15, 0.2) is 12.1 Å². The number of carbonyl (C=O) groups is 2. The summed E-state index contributed by atoms with van der Waals surface area (Å²) >= 11 is 0. The molecular weight excluding hydrogens is 262 g/mol. The lowest BCUT2D eigenvalue weighted by molar-refractivity contribution is -0.115. The van der Waals surface area contributed by atoms with E-state index in [1.807, 2.05) is 0 Å². The monoisotopic (exact) mass is 281 g/mol. The first-order valence-corrected chi connectivity index (χ1v) is 5.96. The molecule has 0 radical (unpaired) electrons. The Labute approximate surface area is 116 Å². The molecule has 0 saturated heterocycles. The molecule has 1 aromatic rings. The average molecular weight is 281 g/mol. The molecule has 1 heterocycles. The molecule has 0 saturated carbocycles. The highest BCUT2D eigenvalue weighted by Gasteiger charge is 2.16. The minimum atomic E-state index is -0.669. The Kier molecular flexibility index (Phi) is 4.73. The Morgan fingerprint density at radius 2 is 1.95 bits per heavy atom. The van der Waals surface area contributed by atoms with Gasteiger partial charge in [-0.2, -0.15) is 0 Å². The second-order valence-electron chi connectivity index (χ2n) is 5.07. The van der Waals surface area contributed by atoms with E-state index in [2.05, 4.69) is 15.6 Å². The fourth-order valence-corrected chi connectivity index (χ4v) is 1.21. The topological polar surface area (TPSA) is 132 Å². The van der Waals surface area contributed by atoms with Gasteiger partial charge in [-0.3, -0.25) is 4.79 Å². The smallest absolute Gasteiger partial charge is 0.408 e. The molecule has 0 aliphatic carbocycles. The highest BCUT2D eigenvalue weighted by Crippen LogP contribution is 2.14. The molecule has 0 aliphatic heterocycles. The number of rotatable bonds is 3. The van der Waals surface area contributed by atoms with Crippen LogP contribution in [0.2, 0.25) is 0 Å². The Bertz CT molecular complexity index is 510. The summed E-state index contributed by atoms with van der Waals surface area (Å²) in [5, 5.41) is 4.80. The van der Waals surface area contributed by atoms with Gasteiger partial charge in [-0.1, -0.05) is 0 Å². The van der Waals surface area contributed by atoms with E-state index in [4.69, 9.17) is 16.2 Å². The second-order valence-corrected chi connectivity index (χ2v) is 5.07. The zero-order chi connectivity index (χ0) is 15.3. The van der Waals surface area contributed by atoms with Crippen molar-refractivity contribution in [2.24, 2.45) is 0 Å². The van der Waals surface area contributed by atoms with Gasteiger partial charge < -0.3 is 26.8 Å². The van der Waals surface area contributed by atoms with Gasteiger partial charge in [0, 0.05) is 0 Å². The van der Waals surface area contributed by atoms with Crippen molar-refractivity contribution in [3.63, 3.8) is 0 Å². The Hall–Kier alpha value is -2.51. The van der Waals surface area contributed by atoms with Crippen molar-refractivity contribution < 1.29 is 14.3 Å². The molecule has 0 aliphatic rings. The summed E-state index contributed by atoms with van der Waals surface area (Å²) in [7, 11) is 0. The first kappa shape index (κ1) is 15.5. The molecule has 0 atom stereocenters. The summed E-state index contributed by atoms with van der Waals surface area (Å²) in [6.07, 6.45) is -0.669. The molecule has 1 rings (SSSR count). The van der Waals surface area contributed by atoms with E-state index < -0.39 is 17.6 Å². The molecule has 1 aromatic heterocycles. The third-order valence-electron chi connectivity index (χ3n) is 2.02. The van der Waals surface area contributed by atoms with Crippen LogP contribution in [0, 0.1) is 0 Å². The molecule has 0 aromatic carbocycles. The van der Waals surface area contributed by atoms with E-state index in [0.717, 1.165) is 0 Å². The van der Waals surface area contributed by atoms with Gasteiger partial charge in [0.1, 0.15) is 23.8 Å². The van der Waals surface area contributed by atoms with Crippen molar-refractivity contribution in [2.45, 2.75) is 26.4 Å². The van der Waals surface area contributed by atoms with Crippen molar-refractivity contribution in [3.8, 4) is 0 Å². The number of nitrogens with two attached hydrogens (primary N) is 2. The zero-order valence-electron chi connectivity index (χ0n) is 11.7. The molecule has 8 nitrogen and oxygen atoms in total. The van der Waals surface area contributed by atoms with Crippen LogP contribution in [0.3, 0.4) is 0 Å². The van der Waals surface area contributed by atoms with E-state index >= 15 is 0 Å². The predicted octanol–water partition coefficient (Wildman–Crippen LogP) is 0.709. The molecular formula is C12H19N5O3. The summed E-state index contributed by atoms with van der Waals surface area (Å²) in [6.45, 7) is 4.95. The Morgan fingerprint density at radius 1 is 1.30 bits per heavy atom. The summed E-state index contributed by atoms with van der Waals surface area (Å²) < 4.78 is 4.99. The van der Waals surface area contributed by atoms with Gasteiger partial charge in [-0.05, 0) is 32.9 Å².